The molecule has 0 saturated heterocycles. The Hall–Kier alpha value is -1.45. The van der Waals surface area contributed by atoms with Gasteiger partial charge in [0.2, 0.25) is 0 Å². The molecule has 0 atom stereocenters. The summed E-state index contributed by atoms with van der Waals surface area (Å²) in [7, 11) is 7.34. The first-order valence-electron chi connectivity index (χ1n) is 4.97. The van der Waals surface area contributed by atoms with Gasteiger partial charge in [-0.3, -0.25) is 4.79 Å². The maximum Gasteiger partial charge on any atom is 0.251 e. The second-order valence-electron chi connectivity index (χ2n) is 3.61. The predicted molar refractivity (Wildman–Crippen MR) is 59.0 cm³/mol. The normalized spacial score (nSPS) is 15.1. The van der Waals surface area contributed by atoms with Crippen LogP contribution in [0, 0.1) is 0 Å². The first kappa shape index (κ1) is 10.1. The third-order valence-electron chi connectivity index (χ3n) is 2.61. The molecule has 2 radical (unpaired) electrons. The number of carbonyl (C=O) groups excluding carboxylic acids is 1. The zero-order valence-electron chi connectivity index (χ0n) is 8.67. The molecular weight excluding hydrogens is 189 g/mol. The fraction of sp³-hybridized carbons (Fsp3) is 0.364. The molecule has 1 aromatic rings. The first-order chi connectivity index (χ1) is 7.22. The molecule has 1 N–H and O–H groups in total. The zero-order valence-corrected chi connectivity index (χ0v) is 8.67. The number of carbonyl (C=O) groups is 1. The predicted octanol–water partition coefficient (Wildman–Crippen LogP) is 0.165. The third-order valence-corrected chi connectivity index (χ3v) is 2.61. The number of amides is 1. The summed E-state index contributed by atoms with van der Waals surface area (Å²) in [6.07, 6.45) is 1.83. The van der Waals surface area contributed by atoms with E-state index in [9.17, 15) is 4.79 Å². The highest BCUT2D eigenvalue weighted by Crippen LogP contribution is 2.18. The molecular formula is C11H12BNO2. The second-order valence-corrected chi connectivity index (χ2v) is 3.61. The van der Waals surface area contributed by atoms with Gasteiger partial charge in [0.25, 0.3) is 5.91 Å². The Balaban J connectivity index is 2.52. The van der Waals surface area contributed by atoms with Crippen molar-refractivity contribution >= 4 is 19.2 Å². The molecule has 4 heteroatoms. The summed E-state index contributed by atoms with van der Waals surface area (Å²) in [6.45, 7) is 0.718. The molecule has 0 unspecified atom stereocenters. The van der Waals surface area contributed by atoms with Gasteiger partial charge in [0, 0.05) is 12.1 Å². The largest absolute Gasteiger partial charge is 0.497 e. The number of benzene rings is 1. The van der Waals surface area contributed by atoms with Crippen LogP contribution in [0.15, 0.2) is 12.1 Å². The molecule has 3 nitrogen and oxygen atoms in total. The van der Waals surface area contributed by atoms with Gasteiger partial charge in [-0.25, -0.2) is 0 Å². The molecule has 0 aromatic heterocycles. The van der Waals surface area contributed by atoms with Crippen molar-refractivity contribution < 1.29 is 9.53 Å². The van der Waals surface area contributed by atoms with Crippen LogP contribution >= 0.6 is 0 Å². The second kappa shape index (κ2) is 3.97. The van der Waals surface area contributed by atoms with Crippen LogP contribution in [0.25, 0.3) is 0 Å². The van der Waals surface area contributed by atoms with Crippen LogP contribution in [0.2, 0.25) is 0 Å². The Morgan fingerprint density at radius 3 is 3.00 bits per heavy atom. The van der Waals surface area contributed by atoms with E-state index in [1.165, 1.54) is 0 Å². The Labute approximate surface area is 90.2 Å². The molecule has 0 bridgehead atoms. The Morgan fingerprint density at radius 1 is 1.47 bits per heavy atom. The monoisotopic (exact) mass is 201 g/mol. The van der Waals surface area contributed by atoms with Crippen LogP contribution in [0.5, 0.6) is 5.75 Å². The van der Waals surface area contributed by atoms with Crippen LogP contribution in [-0.4, -0.2) is 27.4 Å². The van der Waals surface area contributed by atoms with Gasteiger partial charge in [0.15, 0.2) is 0 Å². The molecule has 1 amide bonds. The van der Waals surface area contributed by atoms with Gasteiger partial charge >= 0.3 is 0 Å². The number of methoxy groups -OCH3 is 1. The van der Waals surface area contributed by atoms with Gasteiger partial charge in [-0.1, -0.05) is 11.5 Å². The van der Waals surface area contributed by atoms with E-state index < -0.39 is 0 Å². The Kier molecular flexibility index (Phi) is 2.67. The fourth-order valence-corrected chi connectivity index (χ4v) is 1.81. The van der Waals surface area contributed by atoms with Crippen LogP contribution in [0.3, 0.4) is 0 Å². The summed E-state index contributed by atoms with van der Waals surface area (Å²) >= 11 is 0. The molecule has 0 saturated carbocycles. The highest BCUT2D eigenvalue weighted by Gasteiger charge is 2.16. The molecule has 1 aromatic carbocycles. The van der Waals surface area contributed by atoms with Crippen molar-refractivity contribution in [1.82, 2.24) is 5.32 Å². The Bertz CT molecular complexity index is 404. The summed E-state index contributed by atoms with van der Waals surface area (Å²) in [5, 5.41) is 2.84. The minimum Gasteiger partial charge on any atom is -0.497 e. The van der Waals surface area contributed by atoms with E-state index in [1.54, 1.807) is 13.2 Å². The summed E-state index contributed by atoms with van der Waals surface area (Å²) in [5.41, 5.74) is 2.27. The lowest BCUT2D eigenvalue weighted by molar-refractivity contribution is 0.0956. The van der Waals surface area contributed by atoms with Crippen LogP contribution in [-0.2, 0) is 6.42 Å². The fourth-order valence-electron chi connectivity index (χ4n) is 1.81. The lowest BCUT2D eigenvalue weighted by Crippen LogP contribution is -2.23. The van der Waals surface area contributed by atoms with E-state index in [2.05, 4.69) is 5.32 Å². The van der Waals surface area contributed by atoms with E-state index in [0.29, 0.717) is 16.8 Å². The van der Waals surface area contributed by atoms with E-state index in [1.807, 2.05) is 6.07 Å². The van der Waals surface area contributed by atoms with Crippen molar-refractivity contribution in [3.05, 3.63) is 23.3 Å². The van der Waals surface area contributed by atoms with E-state index in [4.69, 9.17) is 12.6 Å². The minimum absolute atomic E-state index is 0.0409. The zero-order chi connectivity index (χ0) is 10.8. The van der Waals surface area contributed by atoms with Crippen molar-refractivity contribution in [2.45, 2.75) is 12.8 Å². The number of rotatable bonds is 1. The first-order valence-corrected chi connectivity index (χ1v) is 4.97. The van der Waals surface area contributed by atoms with Crippen molar-refractivity contribution in [2.24, 2.45) is 0 Å². The van der Waals surface area contributed by atoms with Crippen molar-refractivity contribution in [3.63, 3.8) is 0 Å². The number of ether oxygens (including phenoxy) is 1. The van der Waals surface area contributed by atoms with E-state index in [-0.39, 0.29) is 5.91 Å². The maximum atomic E-state index is 11.7. The summed E-state index contributed by atoms with van der Waals surface area (Å²) in [5.74, 6) is 0.520. The highest BCUT2D eigenvalue weighted by atomic mass is 16.5. The number of hydrogen-bond donors (Lipinski definition) is 1. The molecule has 15 heavy (non-hydrogen) atoms. The van der Waals surface area contributed by atoms with Gasteiger partial charge in [-0.2, -0.15) is 0 Å². The van der Waals surface area contributed by atoms with Crippen molar-refractivity contribution in [3.8, 4) is 5.75 Å². The smallest absolute Gasteiger partial charge is 0.251 e. The van der Waals surface area contributed by atoms with Crippen LogP contribution in [0.1, 0.15) is 22.3 Å². The summed E-state index contributed by atoms with van der Waals surface area (Å²) in [6, 6.07) is 3.55. The average molecular weight is 201 g/mol. The molecule has 2 rings (SSSR count). The number of fused-ring (bicyclic) bond motifs is 1. The van der Waals surface area contributed by atoms with E-state index in [0.717, 1.165) is 24.9 Å². The van der Waals surface area contributed by atoms with Crippen LogP contribution < -0.4 is 15.5 Å². The van der Waals surface area contributed by atoms with Gasteiger partial charge < -0.3 is 10.1 Å². The van der Waals surface area contributed by atoms with Gasteiger partial charge in [-0.15, -0.1) is 0 Å². The van der Waals surface area contributed by atoms with Gasteiger partial charge in [0.1, 0.15) is 13.6 Å². The maximum absolute atomic E-state index is 11.7. The van der Waals surface area contributed by atoms with Gasteiger partial charge in [-0.05, 0) is 24.5 Å². The van der Waals surface area contributed by atoms with Crippen molar-refractivity contribution in [2.75, 3.05) is 13.7 Å². The number of hydrogen-bond acceptors (Lipinski definition) is 2. The quantitative estimate of drug-likeness (QED) is 0.657. The topological polar surface area (TPSA) is 38.3 Å². The molecule has 76 valence electrons. The van der Waals surface area contributed by atoms with Gasteiger partial charge in [0.05, 0.1) is 7.11 Å². The SMILES string of the molecule is [B]c1cc2c(cc1OC)C(=O)NCCC2. The molecule has 0 aliphatic carbocycles. The number of aryl methyl sites for hydroxylation is 1. The molecule has 1 heterocycles. The third kappa shape index (κ3) is 1.84. The minimum atomic E-state index is -0.0409. The Morgan fingerprint density at radius 2 is 2.27 bits per heavy atom. The standard InChI is InChI=1S/C11H12BNO2/c1-15-10-6-8-7(5-9(10)12)3-2-4-13-11(8)14/h5-6H,2-4H2,1H3,(H,13,14). The molecule has 1 aliphatic rings. The van der Waals surface area contributed by atoms with E-state index >= 15 is 0 Å². The highest BCUT2D eigenvalue weighted by molar-refractivity contribution is 6.34. The molecule has 0 fully saturated rings. The van der Waals surface area contributed by atoms with Crippen LogP contribution in [0.4, 0.5) is 0 Å². The lowest BCUT2D eigenvalue weighted by atomic mass is 9.89. The number of nitrogens with one attached hydrogen (secondary N) is 1. The summed E-state index contributed by atoms with van der Waals surface area (Å²) < 4.78 is 5.10. The molecule has 1 aliphatic heterocycles. The molecule has 0 spiro atoms. The lowest BCUT2D eigenvalue weighted by Gasteiger charge is -2.10. The summed E-state index contributed by atoms with van der Waals surface area (Å²) in [4.78, 5) is 11.7. The average Bonchev–Trinajstić information content (AvgIpc) is 2.40. The van der Waals surface area contributed by atoms with Crippen molar-refractivity contribution in [1.29, 1.82) is 0 Å².